The molecule has 7 heteroatoms. The number of primary amides is 1. The zero-order valence-corrected chi connectivity index (χ0v) is 13.0. The van der Waals surface area contributed by atoms with Gasteiger partial charge in [-0.25, -0.2) is 0 Å². The Balaban J connectivity index is 1.73. The molecule has 0 aliphatic carbocycles. The van der Waals surface area contributed by atoms with E-state index in [1.165, 1.54) is 12.3 Å². The number of pyridine rings is 1. The van der Waals surface area contributed by atoms with Gasteiger partial charge in [-0.15, -0.1) is 0 Å². The molecule has 1 unspecified atom stereocenters. The van der Waals surface area contributed by atoms with Crippen molar-refractivity contribution in [2.24, 2.45) is 5.73 Å². The Morgan fingerprint density at radius 1 is 1.35 bits per heavy atom. The molecule has 3 rings (SSSR count). The molecule has 7 nitrogen and oxygen atoms in total. The zero-order valence-electron chi connectivity index (χ0n) is 13.0. The maximum atomic E-state index is 12.7. The lowest BCUT2D eigenvalue weighted by molar-refractivity contribution is 0.0715. The van der Waals surface area contributed by atoms with Crippen LogP contribution < -0.4 is 5.73 Å². The van der Waals surface area contributed by atoms with E-state index in [2.05, 4.69) is 10.1 Å². The lowest BCUT2D eigenvalue weighted by Crippen LogP contribution is -2.38. The van der Waals surface area contributed by atoms with E-state index in [0.717, 1.165) is 18.4 Å². The molecule has 23 heavy (non-hydrogen) atoms. The molecule has 0 radical (unpaired) electrons. The van der Waals surface area contributed by atoms with Gasteiger partial charge in [0.15, 0.2) is 0 Å². The number of hydrogen-bond donors (Lipinski definition) is 1. The Hall–Kier alpha value is -2.70. The van der Waals surface area contributed by atoms with Gasteiger partial charge in [0.05, 0.1) is 24.3 Å². The molecular formula is C16H19N5O2. The fourth-order valence-electron chi connectivity index (χ4n) is 2.89. The van der Waals surface area contributed by atoms with E-state index in [1.54, 1.807) is 6.07 Å². The first-order valence-corrected chi connectivity index (χ1v) is 7.60. The van der Waals surface area contributed by atoms with E-state index in [0.29, 0.717) is 24.3 Å². The maximum absolute atomic E-state index is 12.7. The normalized spacial score (nSPS) is 17.4. The minimum Gasteiger partial charge on any atom is -0.366 e. The third-order valence-electron chi connectivity index (χ3n) is 4.07. The van der Waals surface area contributed by atoms with E-state index in [1.807, 2.05) is 28.9 Å². The number of aromatic nitrogens is 3. The number of likely N-dealkylation sites (tertiary alicyclic amines) is 1. The van der Waals surface area contributed by atoms with Crippen molar-refractivity contribution in [3.05, 3.63) is 47.5 Å². The van der Waals surface area contributed by atoms with Crippen molar-refractivity contribution in [3.63, 3.8) is 0 Å². The number of carbonyl (C=O) groups is 2. The van der Waals surface area contributed by atoms with Crippen LogP contribution in [-0.4, -0.2) is 44.1 Å². The molecule has 1 fully saturated rings. The Kier molecular flexibility index (Phi) is 4.10. The molecular weight excluding hydrogens is 294 g/mol. The highest BCUT2D eigenvalue weighted by atomic mass is 16.2. The van der Waals surface area contributed by atoms with Gasteiger partial charge in [0.25, 0.3) is 5.91 Å². The number of hydrogen-bond acceptors (Lipinski definition) is 4. The third kappa shape index (κ3) is 3.23. The smallest absolute Gasteiger partial charge is 0.272 e. The maximum Gasteiger partial charge on any atom is 0.272 e. The number of nitrogens with two attached hydrogens (primary N) is 1. The quantitative estimate of drug-likeness (QED) is 0.910. The summed E-state index contributed by atoms with van der Waals surface area (Å²) in [6, 6.07) is 3.19. The van der Waals surface area contributed by atoms with Crippen LogP contribution in [0, 0.1) is 6.92 Å². The molecule has 1 saturated heterocycles. The van der Waals surface area contributed by atoms with Crippen molar-refractivity contribution >= 4 is 11.8 Å². The van der Waals surface area contributed by atoms with Crippen molar-refractivity contribution < 1.29 is 9.59 Å². The molecule has 0 spiro atoms. The standard InChI is InChI=1S/C16H19N5O2/c1-11-7-19-20(9-11)10-13-3-2-6-21(13)16(23)14-5-4-12(8-18-14)15(17)22/h4-5,7-9,13H,2-3,6,10H2,1H3,(H2,17,22). The minimum absolute atomic E-state index is 0.111. The largest absolute Gasteiger partial charge is 0.366 e. The highest BCUT2D eigenvalue weighted by Gasteiger charge is 2.30. The molecule has 2 aromatic rings. The highest BCUT2D eigenvalue weighted by molar-refractivity contribution is 5.95. The Labute approximate surface area is 134 Å². The molecule has 3 heterocycles. The minimum atomic E-state index is -0.551. The lowest BCUT2D eigenvalue weighted by Gasteiger charge is -2.24. The van der Waals surface area contributed by atoms with Crippen molar-refractivity contribution in [3.8, 4) is 0 Å². The topological polar surface area (TPSA) is 94.1 Å². The van der Waals surface area contributed by atoms with Crippen molar-refractivity contribution in [1.82, 2.24) is 19.7 Å². The second-order valence-electron chi connectivity index (χ2n) is 5.83. The van der Waals surface area contributed by atoms with Crippen LogP contribution in [0.1, 0.15) is 39.3 Å². The molecule has 2 amide bonds. The first-order valence-electron chi connectivity index (χ1n) is 7.60. The fourth-order valence-corrected chi connectivity index (χ4v) is 2.89. The van der Waals surface area contributed by atoms with Gasteiger partial charge in [0, 0.05) is 18.9 Å². The predicted octanol–water partition coefficient (Wildman–Crippen LogP) is 0.990. The van der Waals surface area contributed by atoms with E-state index < -0.39 is 5.91 Å². The van der Waals surface area contributed by atoms with Crippen molar-refractivity contribution in [2.75, 3.05) is 6.54 Å². The van der Waals surface area contributed by atoms with Crippen LogP contribution in [0.25, 0.3) is 0 Å². The number of aryl methyl sites for hydroxylation is 1. The van der Waals surface area contributed by atoms with Crippen molar-refractivity contribution in [2.45, 2.75) is 32.4 Å². The molecule has 1 atom stereocenters. The number of amides is 2. The molecule has 1 aliphatic rings. The monoisotopic (exact) mass is 313 g/mol. The van der Waals surface area contributed by atoms with Gasteiger partial charge in [-0.05, 0) is 37.5 Å². The summed E-state index contributed by atoms with van der Waals surface area (Å²) in [7, 11) is 0. The van der Waals surface area contributed by atoms with E-state index >= 15 is 0 Å². The molecule has 0 bridgehead atoms. The Bertz CT molecular complexity index is 722. The van der Waals surface area contributed by atoms with E-state index in [4.69, 9.17) is 5.73 Å². The van der Waals surface area contributed by atoms with Crippen LogP contribution in [0.4, 0.5) is 0 Å². The Morgan fingerprint density at radius 2 is 2.17 bits per heavy atom. The summed E-state index contributed by atoms with van der Waals surface area (Å²) >= 11 is 0. The van der Waals surface area contributed by atoms with Gasteiger partial charge < -0.3 is 10.6 Å². The zero-order chi connectivity index (χ0) is 16.4. The summed E-state index contributed by atoms with van der Waals surface area (Å²) in [6.07, 6.45) is 7.05. The van der Waals surface area contributed by atoms with E-state index in [9.17, 15) is 9.59 Å². The van der Waals surface area contributed by atoms with Crippen LogP contribution >= 0.6 is 0 Å². The average molecular weight is 313 g/mol. The lowest BCUT2D eigenvalue weighted by atomic mass is 10.2. The SMILES string of the molecule is Cc1cnn(CC2CCCN2C(=O)c2ccc(C(N)=O)cn2)c1. The fraction of sp³-hybridized carbons (Fsp3) is 0.375. The van der Waals surface area contributed by atoms with E-state index in [-0.39, 0.29) is 11.9 Å². The summed E-state index contributed by atoms with van der Waals surface area (Å²) in [5.41, 5.74) is 6.92. The van der Waals surface area contributed by atoms with Crippen LogP contribution in [0.5, 0.6) is 0 Å². The summed E-state index contributed by atoms with van der Waals surface area (Å²) in [5, 5.41) is 4.29. The second kappa shape index (κ2) is 6.20. The first-order chi connectivity index (χ1) is 11.0. The summed E-state index contributed by atoms with van der Waals surface area (Å²) < 4.78 is 1.87. The number of rotatable bonds is 4. The van der Waals surface area contributed by atoms with Crippen LogP contribution in [0.3, 0.4) is 0 Å². The van der Waals surface area contributed by atoms with Gasteiger partial charge in [0.2, 0.25) is 5.91 Å². The summed E-state index contributed by atoms with van der Waals surface area (Å²) in [4.78, 5) is 29.6. The van der Waals surface area contributed by atoms with Gasteiger partial charge in [-0.1, -0.05) is 0 Å². The molecule has 0 aromatic carbocycles. The van der Waals surface area contributed by atoms with Gasteiger partial charge >= 0.3 is 0 Å². The molecule has 2 N–H and O–H groups in total. The second-order valence-corrected chi connectivity index (χ2v) is 5.83. The first kappa shape index (κ1) is 15.2. The van der Waals surface area contributed by atoms with Gasteiger partial charge in [0.1, 0.15) is 5.69 Å². The van der Waals surface area contributed by atoms with Crippen LogP contribution in [0.15, 0.2) is 30.7 Å². The van der Waals surface area contributed by atoms with Crippen molar-refractivity contribution in [1.29, 1.82) is 0 Å². The average Bonchev–Trinajstić information content (AvgIpc) is 3.16. The Morgan fingerprint density at radius 3 is 2.78 bits per heavy atom. The molecule has 1 aliphatic heterocycles. The highest BCUT2D eigenvalue weighted by Crippen LogP contribution is 2.21. The van der Waals surface area contributed by atoms with Gasteiger partial charge in [-0.3, -0.25) is 19.3 Å². The van der Waals surface area contributed by atoms with Gasteiger partial charge in [-0.2, -0.15) is 5.10 Å². The molecule has 120 valence electrons. The molecule has 0 saturated carbocycles. The molecule has 2 aromatic heterocycles. The summed E-state index contributed by atoms with van der Waals surface area (Å²) in [5.74, 6) is -0.669. The van der Waals surface area contributed by atoms with Crippen LogP contribution in [-0.2, 0) is 6.54 Å². The predicted molar refractivity (Wildman–Crippen MR) is 83.8 cm³/mol. The van der Waals surface area contributed by atoms with Crippen LogP contribution in [0.2, 0.25) is 0 Å². The number of nitrogens with zero attached hydrogens (tertiary/aromatic N) is 4. The summed E-state index contributed by atoms with van der Waals surface area (Å²) in [6.45, 7) is 3.38. The number of carbonyl (C=O) groups excluding carboxylic acids is 2. The third-order valence-corrected chi connectivity index (χ3v) is 4.07.